The molecule has 2 aliphatic heterocycles. The third kappa shape index (κ3) is 6.69. The van der Waals surface area contributed by atoms with Crippen molar-refractivity contribution in [2.24, 2.45) is 0 Å². The van der Waals surface area contributed by atoms with E-state index in [4.69, 9.17) is 9.47 Å². The number of anilines is 1. The molecule has 0 unspecified atom stereocenters. The summed E-state index contributed by atoms with van der Waals surface area (Å²) < 4.78 is 49.6. The predicted molar refractivity (Wildman–Crippen MR) is 161 cm³/mol. The maximum absolute atomic E-state index is 14.0. The van der Waals surface area contributed by atoms with Crippen molar-refractivity contribution < 1.29 is 37.0 Å². The van der Waals surface area contributed by atoms with Crippen molar-refractivity contribution in [3.05, 3.63) is 89.5 Å². The molecule has 2 aliphatic rings. The number of amides is 3. The van der Waals surface area contributed by atoms with Crippen LogP contribution in [0.4, 0.5) is 18.9 Å². The topological polar surface area (TPSA) is 91.4 Å². The van der Waals surface area contributed by atoms with Crippen LogP contribution >= 0.6 is 0 Å². The highest BCUT2D eigenvalue weighted by atomic mass is 19.4. The van der Waals surface area contributed by atoms with Gasteiger partial charge in [-0.2, -0.15) is 13.2 Å². The largest absolute Gasteiger partial charge is 0.493 e. The van der Waals surface area contributed by atoms with Gasteiger partial charge in [0.2, 0.25) is 5.91 Å². The Bertz CT molecular complexity index is 1520. The summed E-state index contributed by atoms with van der Waals surface area (Å²) in [6.45, 7) is 0.925. The van der Waals surface area contributed by atoms with E-state index in [0.717, 1.165) is 23.4 Å². The molecular formula is C33H35F3N4O5. The maximum atomic E-state index is 14.0. The molecule has 0 bridgehead atoms. The van der Waals surface area contributed by atoms with Gasteiger partial charge in [-0.15, -0.1) is 0 Å². The molecule has 0 saturated carbocycles. The highest BCUT2D eigenvalue weighted by Crippen LogP contribution is 2.40. The van der Waals surface area contributed by atoms with E-state index in [1.807, 2.05) is 47.4 Å². The molecule has 2 saturated heterocycles. The lowest BCUT2D eigenvalue weighted by atomic mass is 9.85. The van der Waals surface area contributed by atoms with Gasteiger partial charge >= 0.3 is 6.18 Å². The molecule has 9 nitrogen and oxygen atoms in total. The van der Waals surface area contributed by atoms with E-state index in [1.165, 1.54) is 17.0 Å². The van der Waals surface area contributed by atoms with E-state index in [1.54, 1.807) is 25.2 Å². The summed E-state index contributed by atoms with van der Waals surface area (Å²) in [5, 5.41) is 2.90. The Morgan fingerprint density at radius 1 is 0.911 bits per heavy atom. The fourth-order valence-corrected chi connectivity index (χ4v) is 6.00. The number of hydrogen-bond acceptors (Lipinski definition) is 6. The lowest BCUT2D eigenvalue weighted by Crippen LogP contribution is -2.57. The van der Waals surface area contributed by atoms with Crippen molar-refractivity contribution in [3.63, 3.8) is 0 Å². The van der Waals surface area contributed by atoms with Crippen LogP contribution in [0, 0.1) is 0 Å². The molecule has 1 spiro atoms. The minimum absolute atomic E-state index is 0.121. The number of carbonyl (C=O) groups is 3. The number of piperidine rings is 1. The normalized spacial score (nSPS) is 16.2. The van der Waals surface area contributed by atoms with Gasteiger partial charge in [0, 0.05) is 30.9 Å². The molecule has 3 aromatic carbocycles. The Morgan fingerprint density at radius 3 is 2.20 bits per heavy atom. The fraction of sp³-hybridized carbons (Fsp3) is 0.364. The average Bonchev–Trinajstić information content (AvgIpc) is 3.30. The van der Waals surface area contributed by atoms with E-state index >= 15 is 0 Å². The van der Waals surface area contributed by atoms with Crippen molar-refractivity contribution in [1.82, 2.24) is 15.1 Å². The van der Waals surface area contributed by atoms with Crippen LogP contribution in [0.5, 0.6) is 11.5 Å². The van der Waals surface area contributed by atoms with Crippen molar-refractivity contribution in [2.45, 2.75) is 31.0 Å². The van der Waals surface area contributed by atoms with Gasteiger partial charge in [-0.1, -0.05) is 24.3 Å². The highest BCUT2D eigenvalue weighted by molar-refractivity contribution is 5.97. The summed E-state index contributed by atoms with van der Waals surface area (Å²) in [5.74, 6) is 0.347. The Hall–Kier alpha value is -4.74. The number of ether oxygens (including phenoxy) is 2. The second-order valence-electron chi connectivity index (χ2n) is 11.1. The zero-order chi connectivity index (χ0) is 32.2. The Balaban J connectivity index is 1.24. The van der Waals surface area contributed by atoms with Crippen molar-refractivity contribution in [2.75, 3.05) is 52.0 Å². The molecule has 0 aromatic heterocycles. The highest BCUT2D eigenvalue weighted by Gasteiger charge is 2.54. The number of methoxy groups -OCH3 is 2. The minimum atomic E-state index is -4.49. The molecule has 2 heterocycles. The lowest BCUT2D eigenvalue weighted by Gasteiger charge is -2.43. The number of likely N-dealkylation sites (tertiary alicyclic amines) is 1. The first-order chi connectivity index (χ1) is 21.6. The molecule has 12 heteroatoms. The molecular weight excluding hydrogens is 589 g/mol. The zero-order valence-corrected chi connectivity index (χ0v) is 25.1. The first-order valence-corrected chi connectivity index (χ1v) is 14.6. The number of alkyl halides is 3. The summed E-state index contributed by atoms with van der Waals surface area (Å²) in [7, 11) is 3.12. The van der Waals surface area contributed by atoms with Gasteiger partial charge in [-0.25, -0.2) is 0 Å². The molecule has 3 aromatic rings. The van der Waals surface area contributed by atoms with Gasteiger partial charge < -0.3 is 29.5 Å². The lowest BCUT2D eigenvalue weighted by molar-refractivity contribution is -0.137. The van der Waals surface area contributed by atoms with E-state index in [-0.39, 0.29) is 49.6 Å². The maximum Gasteiger partial charge on any atom is 0.416 e. The minimum Gasteiger partial charge on any atom is -0.493 e. The van der Waals surface area contributed by atoms with Crippen LogP contribution in [0.3, 0.4) is 0 Å². The van der Waals surface area contributed by atoms with Crippen molar-refractivity contribution >= 4 is 23.4 Å². The van der Waals surface area contributed by atoms with Crippen LogP contribution in [0.2, 0.25) is 0 Å². The molecule has 2 fully saturated rings. The number of nitrogens with one attached hydrogen (secondary N) is 1. The predicted octanol–water partition coefficient (Wildman–Crippen LogP) is 4.36. The molecule has 0 radical (unpaired) electrons. The number of benzene rings is 3. The molecule has 0 atom stereocenters. The number of para-hydroxylation sites is 1. The standard InChI is InChI=1S/C33H35F3N4O5/c1-44-27-13-8-23(20-28(27)45-2)14-17-37-29(41)21-39-22-40(26-6-4-3-5-7-26)32(31(39)43)15-18-38(19-16-32)30(42)24-9-11-25(12-10-24)33(34,35)36/h3-13,20H,14-19,21-22H2,1-2H3,(H,37,41). The molecule has 1 N–H and O–H groups in total. The Kier molecular flexibility index (Phi) is 9.21. The van der Waals surface area contributed by atoms with Crippen LogP contribution < -0.4 is 19.7 Å². The number of nitrogens with zero attached hydrogens (tertiary/aromatic N) is 3. The molecule has 45 heavy (non-hydrogen) atoms. The molecule has 0 aliphatic carbocycles. The van der Waals surface area contributed by atoms with Crippen LogP contribution in [0.25, 0.3) is 0 Å². The van der Waals surface area contributed by atoms with Crippen molar-refractivity contribution in [1.29, 1.82) is 0 Å². The van der Waals surface area contributed by atoms with Crippen LogP contribution in [-0.2, 0) is 22.2 Å². The van der Waals surface area contributed by atoms with Gasteiger partial charge in [-0.05, 0) is 73.4 Å². The molecule has 238 valence electrons. The molecule has 3 amide bonds. The fourth-order valence-electron chi connectivity index (χ4n) is 6.00. The van der Waals surface area contributed by atoms with Gasteiger partial charge in [-0.3, -0.25) is 14.4 Å². The number of rotatable bonds is 9. The summed E-state index contributed by atoms with van der Waals surface area (Å²) >= 11 is 0. The average molecular weight is 625 g/mol. The van der Waals surface area contributed by atoms with Crippen molar-refractivity contribution in [3.8, 4) is 11.5 Å². The summed E-state index contributed by atoms with van der Waals surface area (Å²) in [4.78, 5) is 45.2. The summed E-state index contributed by atoms with van der Waals surface area (Å²) in [5.41, 5.74) is 0.152. The van der Waals surface area contributed by atoms with Gasteiger partial charge in [0.25, 0.3) is 11.8 Å². The van der Waals surface area contributed by atoms with Crippen LogP contribution in [0.15, 0.2) is 72.8 Å². The quantitative estimate of drug-likeness (QED) is 0.381. The van der Waals surface area contributed by atoms with Gasteiger partial charge in [0.1, 0.15) is 12.1 Å². The SMILES string of the molecule is COc1ccc(CCNC(=O)CN2CN(c3ccccc3)C3(CCN(C(=O)c4ccc(C(F)(F)F)cc4)CC3)C2=O)cc1OC. The smallest absolute Gasteiger partial charge is 0.416 e. The van der Waals surface area contributed by atoms with Gasteiger partial charge in [0.05, 0.1) is 26.5 Å². The number of halogens is 3. The second kappa shape index (κ2) is 13.1. The van der Waals surface area contributed by atoms with E-state index in [9.17, 15) is 27.6 Å². The van der Waals surface area contributed by atoms with E-state index in [2.05, 4.69) is 5.32 Å². The Morgan fingerprint density at radius 2 is 1.58 bits per heavy atom. The van der Waals surface area contributed by atoms with E-state index in [0.29, 0.717) is 37.3 Å². The monoisotopic (exact) mass is 624 g/mol. The van der Waals surface area contributed by atoms with Gasteiger partial charge in [0.15, 0.2) is 11.5 Å². The molecule has 5 rings (SSSR count). The summed E-state index contributed by atoms with van der Waals surface area (Å²) in [6, 6.07) is 19.1. The number of carbonyl (C=O) groups excluding carboxylic acids is 3. The zero-order valence-electron chi connectivity index (χ0n) is 25.1. The first kappa shape index (κ1) is 31.7. The van der Waals surface area contributed by atoms with Crippen LogP contribution in [-0.4, -0.2) is 80.1 Å². The first-order valence-electron chi connectivity index (χ1n) is 14.6. The second-order valence-corrected chi connectivity index (χ2v) is 11.1. The van der Waals surface area contributed by atoms with E-state index < -0.39 is 17.3 Å². The van der Waals surface area contributed by atoms with Crippen LogP contribution in [0.1, 0.15) is 34.3 Å². The Labute approximate surface area is 259 Å². The summed E-state index contributed by atoms with van der Waals surface area (Å²) in [6.07, 6.45) is -3.31. The third-order valence-corrected chi connectivity index (χ3v) is 8.44. The number of hydrogen-bond donors (Lipinski definition) is 1. The third-order valence-electron chi connectivity index (χ3n) is 8.44.